The van der Waals surface area contributed by atoms with Gasteiger partial charge in [0.2, 0.25) is 0 Å². The van der Waals surface area contributed by atoms with Crippen molar-refractivity contribution in [2.75, 3.05) is 7.11 Å². The van der Waals surface area contributed by atoms with Crippen molar-refractivity contribution in [1.29, 1.82) is 0 Å². The molecule has 1 aliphatic rings. The van der Waals surface area contributed by atoms with Crippen LogP contribution in [0.15, 0.2) is 88.9 Å². The van der Waals surface area contributed by atoms with Crippen LogP contribution in [0.3, 0.4) is 0 Å². The Morgan fingerprint density at radius 2 is 1.65 bits per heavy atom. The summed E-state index contributed by atoms with van der Waals surface area (Å²) in [6.45, 7) is 0.0762. The quantitative estimate of drug-likeness (QED) is 0.190. The molecule has 43 heavy (non-hydrogen) atoms. The van der Waals surface area contributed by atoms with Gasteiger partial charge in [-0.05, 0) is 53.9 Å². The van der Waals surface area contributed by atoms with Crippen LogP contribution < -0.4 is 14.6 Å². The summed E-state index contributed by atoms with van der Waals surface area (Å²) >= 11 is 1.06. The predicted molar refractivity (Wildman–Crippen MR) is 157 cm³/mol. The number of nitrogens with zero attached hydrogens (tertiary/aromatic N) is 2. The number of hydrazone groups is 1. The number of carbonyl (C=O) groups excluding carboxylic acids is 1. The Morgan fingerprint density at radius 1 is 1.00 bits per heavy atom. The van der Waals surface area contributed by atoms with E-state index in [1.165, 1.54) is 31.4 Å². The summed E-state index contributed by atoms with van der Waals surface area (Å²) in [6.07, 6.45) is 0. The van der Waals surface area contributed by atoms with Gasteiger partial charge in [-0.15, -0.1) is 0 Å². The van der Waals surface area contributed by atoms with Gasteiger partial charge in [0.25, 0.3) is 5.91 Å². The van der Waals surface area contributed by atoms with E-state index in [-0.39, 0.29) is 23.1 Å². The first-order valence-corrected chi connectivity index (χ1v) is 15.2. The predicted octanol–water partition coefficient (Wildman–Crippen LogP) is 6.03. The summed E-state index contributed by atoms with van der Waals surface area (Å²) in [4.78, 5) is 13.9. The molecule has 0 saturated carbocycles. The van der Waals surface area contributed by atoms with E-state index in [2.05, 4.69) is 11.0 Å². The lowest BCUT2D eigenvalue weighted by Gasteiger charge is -2.24. The highest BCUT2D eigenvalue weighted by Crippen LogP contribution is 2.48. The van der Waals surface area contributed by atoms with Crippen LogP contribution in [0, 0.1) is 23.3 Å². The third kappa shape index (κ3) is 6.38. The average Bonchev–Trinajstić information content (AvgIpc) is 3.41. The first-order chi connectivity index (χ1) is 20.5. The van der Waals surface area contributed by atoms with Crippen LogP contribution in [0.2, 0.25) is 0 Å². The number of hydrogen-bond donors (Lipinski definition) is 1. The first kappa shape index (κ1) is 30.1. The van der Waals surface area contributed by atoms with E-state index in [0.717, 1.165) is 22.3 Å². The number of amides is 1. The van der Waals surface area contributed by atoms with Crippen LogP contribution in [-0.4, -0.2) is 33.1 Å². The molecule has 1 amide bonds. The average molecular weight is 630 g/mol. The van der Waals surface area contributed by atoms with Gasteiger partial charge in [-0.25, -0.2) is 26.8 Å². The summed E-state index contributed by atoms with van der Waals surface area (Å²) in [5.74, 6) is -1.67. The maximum Gasteiger partial charge on any atom is 0.281 e. The van der Waals surface area contributed by atoms with E-state index in [9.17, 15) is 26.6 Å². The van der Waals surface area contributed by atoms with Crippen LogP contribution in [0.4, 0.5) is 17.6 Å². The van der Waals surface area contributed by atoms with Gasteiger partial charge in [0.15, 0.2) is 11.5 Å². The van der Waals surface area contributed by atoms with E-state index in [0.29, 0.717) is 28.2 Å². The van der Waals surface area contributed by atoms with Crippen molar-refractivity contribution < 1.29 is 36.0 Å². The van der Waals surface area contributed by atoms with E-state index in [1.807, 2.05) is 0 Å². The van der Waals surface area contributed by atoms with Crippen LogP contribution in [0.1, 0.15) is 32.4 Å². The number of thioether (sulfide) groups is 1. The molecule has 0 fully saturated rings. The van der Waals surface area contributed by atoms with E-state index >= 15 is 0 Å². The second-order valence-corrected chi connectivity index (χ2v) is 12.3. The topological polar surface area (TPSA) is 94.2 Å². The number of rotatable bonds is 8. The maximum absolute atomic E-state index is 14.7. The Balaban J connectivity index is 1.51. The lowest BCUT2D eigenvalue weighted by Crippen LogP contribution is -2.28. The first-order valence-electron chi connectivity index (χ1n) is 12.5. The molecule has 222 valence electrons. The molecule has 1 aliphatic heterocycles. The molecule has 13 heteroatoms. The van der Waals surface area contributed by atoms with E-state index < -0.39 is 49.8 Å². The number of nitrogens with two attached hydrogens (primary N) is 1. The van der Waals surface area contributed by atoms with E-state index in [1.54, 1.807) is 42.5 Å². The van der Waals surface area contributed by atoms with Crippen molar-refractivity contribution in [3.8, 4) is 11.5 Å². The van der Waals surface area contributed by atoms with Crippen molar-refractivity contribution in [3.63, 3.8) is 0 Å². The Bertz CT molecular complexity index is 1810. The van der Waals surface area contributed by atoms with Gasteiger partial charge in [0, 0.05) is 28.2 Å². The Hall–Kier alpha value is -4.33. The minimum absolute atomic E-state index is 0.0762. The minimum Gasteiger partial charge on any atom is -0.492 e. The van der Waals surface area contributed by atoms with Gasteiger partial charge in [0.1, 0.15) is 45.9 Å². The third-order valence-electron chi connectivity index (χ3n) is 6.36. The lowest BCUT2D eigenvalue weighted by atomic mass is 10.1. The zero-order valence-corrected chi connectivity index (χ0v) is 24.1. The zero-order chi connectivity index (χ0) is 30.9. The van der Waals surface area contributed by atoms with Gasteiger partial charge >= 0.3 is 0 Å². The Kier molecular flexibility index (Phi) is 8.49. The summed E-state index contributed by atoms with van der Waals surface area (Å²) in [6, 6.07) is 17.6. The number of ether oxygens (including phenoxy) is 2. The van der Waals surface area contributed by atoms with Gasteiger partial charge in [-0.1, -0.05) is 36.0 Å². The van der Waals surface area contributed by atoms with Gasteiger partial charge in [-0.2, -0.15) is 5.10 Å². The number of halogens is 4. The molecule has 0 aliphatic carbocycles. The Morgan fingerprint density at radius 3 is 2.26 bits per heavy atom. The van der Waals surface area contributed by atoms with Crippen LogP contribution in [0.5, 0.6) is 11.5 Å². The van der Waals surface area contributed by atoms with E-state index in [4.69, 9.17) is 14.6 Å². The summed E-state index contributed by atoms with van der Waals surface area (Å²) in [5.41, 5.74) is 0.549. The molecule has 4 aromatic rings. The summed E-state index contributed by atoms with van der Waals surface area (Å²) < 4.78 is 80.2. The molecule has 0 bridgehead atoms. The highest BCUT2D eigenvalue weighted by Gasteiger charge is 2.39. The van der Waals surface area contributed by atoms with Crippen molar-refractivity contribution >= 4 is 38.3 Å². The van der Waals surface area contributed by atoms with Crippen molar-refractivity contribution in [2.24, 2.45) is 10.2 Å². The third-order valence-corrected chi connectivity index (χ3v) is 8.65. The highest BCUT2D eigenvalue weighted by molar-refractivity contribution is 8.14. The lowest BCUT2D eigenvalue weighted by molar-refractivity contribution is 0.0737. The SMILES string of the molecule is C=S(N)(=O)c1ccc(COc2cccc(C3SC(c4ccc(F)cc4)=NN3C(=O)c3c(F)cc(F)cc3F)c2OC)cc1. The number of hydrogen-bond acceptors (Lipinski definition) is 6. The number of carbonyl (C=O) groups is 1. The van der Waals surface area contributed by atoms with Gasteiger partial charge in [0.05, 0.1) is 16.8 Å². The van der Waals surface area contributed by atoms with Gasteiger partial charge < -0.3 is 9.47 Å². The summed E-state index contributed by atoms with van der Waals surface area (Å²) in [5, 5.41) is 10.0. The molecule has 0 spiro atoms. The van der Waals surface area contributed by atoms with Crippen LogP contribution in [-0.2, 0) is 16.3 Å². The van der Waals surface area contributed by atoms with Crippen molar-refractivity contribution in [3.05, 3.63) is 124 Å². The molecule has 7 nitrogen and oxygen atoms in total. The second-order valence-electron chi connectivity index (χ2n) is 9.31. The largest absolute Gasteiger partial charge is 0.492 e. The normalized spacial score (nSPS) is 16.0. The minimum atomic E-state index is -2.87. The molecular formula is C30H23F4N3O4S2. The fourth-order valence-electron chi connectivity index (χ4n) is 4.29. The molecule has 2 N–H and O–H groups in total. The summed E-state index contributed by atoms with van der Waals surface area (Å²) in [7, 11) is -1.48. The van der Waals surface area contributed by atoms with Crippen molar-refractivity contribution in [1.82, 2.24) is 5.01 Å². The molecule has 0 saturated heterocycles. The molecule has 0 radical (unpaired) electrons. The second kappa shape index (κ2) is 12.1. The standard InChI is InChI=1S/C30H23F4N3O4S2/c1-40-27-22(4-3-5-25(27)41-16-17-6-12-21(13-7-17)43(2,35)39)30-37(29(38)26-23(33)14-20(32)15-24(26)34)36-28(42-30)18-8-10-19(31)11-9-18/h3-15,30H,2,16H2,1H3,(H2,35,39). The number of methoxy groups -OCH3 is 1. The monoisotopic (exact) mass is 629 g/mol. The molecule has 1 heterocycles. The van der Waals surface area contributed by atoms with Crippen LogP contribution >= 0.6 is 11.8 Å². The molecule has 2 unspecified atom stereocenters. The van der Waals surface area contributed by atoms with Crippen LogP contribution in [0.25, 0.3) is 0 Å². The molecule has 4 aromatic carbocycles. The fraction of sp³-hybridized carbons (Fsp3) is 0.100. The Labute approximate surface area is 249 Å². The highest BCUT2D eigenvalue weighted by atomic mass is 32.2. The molecule has 2 atom stereocenters. The maximum atomic E-state index is 14.7. The number of benzene rings is 4. The number of para-hydroxylation sites is 1. The van der Waals surface area contributed by atoms with Gasteiger partial charge in [-0.3, -0.25) is 9.93 Å². The molecular weight excluding hydrogens is 606 g/mol. The zero-order valence-electron chi connectivity index (χ0n) is 22.4. The molecule has 0 aromatic heterocycles. The fourth-order valence-corrected chi connectivity index (χ4v) is 6.06. The van der Waals surface area contributed by atoms with Crippen molar-refractivity contribution in [2.45, 2.75) is 16.9 Å². The smallest absolute Gasteiger partial charge is 0.281 e. The molecule has 5 rings (SSSR count).